The summed E-state index contributed by atoms with van der Waals surface area (Å²) in [6.07, 6.45) is 7.68. The standard InChI is InChI=1S/C9H14S/c1-3-5-9(6-4-2)7-8-10-9/h3-4H,1-2,5-8H2. The fourth-order valence-electron chi connectivity index (χ4n) is 1.32. The molecule has 56 valence electrons. The average Bonchev–Trinajstić information content (AvgIpc) is 1.84. The van der Waals surface area contributed by atoms with Crippen LogP contribution in [0, 0.1) is 0 Å². The number of hydrogen-bond acceptors (Lipinski definition) is 1. The summed E-state index contributed by atoms with van der Waals surface area (Å²) >= 11 is 2.06. The van der Waals surface area contributed by atoms with E-state index >= 15 is 0 Å². The number of thioether (sulfide) groups is 1. The molecule has 1 heterocycles. The van der Waals surface area contributed by atoms with Crippen molar-refractivity contribution in [2.45, 2.75) is 24.0 Å². The van der Waals surface area contributed by atoms with Gasteiger partial charge in [0, 0.05) is 4.75 Å². The Hall–Kier alpha value is -0.170. The van der Waals surface area contributed by atoms with Gasteiger partial charge in [0.2, 0.25) is 0 Å². The van der Waals surface area contributed by atoms with Gasteiger partial charge >= 0.3 is 0 Å². The van der Waals surface area contributed by atoms with Crippen molar-refractivity contribution < 1.29 is 0 Å². The second-order valence-electron chi connectivity index (χ2n) is 2.77. The van der Waals surface area contributed by atoms with Crippen LogP contribution in [0.25, 0.3) is 0 Å². The van der Waals surface area contributed by atoms with Crippen LogP contribution in [-0.2, 0) is 0 Å². The van der Waals surface area contributed by atoms with Crippen molar-refractivity contribution in [3.63, 3.8) is 0 Å². The molecule has 0 nitrogen and oxygen atoms in total. The van der Waals surface area contributed by atoms with Gasteiger partial charge in [-0.1, -0.05) is 12.2 Å². The van der Waals surface area contributed by atoms with E-state index in [1.54, 1.807) is 0 Å². The van der Waals surface area contributed by atoms with E-state index in [4.69, 9.17) is 0 Å². The van der Waals surface area contributed by atoms with Crippen molar-refractivity contribution in [2.24, 2.45) is 0 Å². The van der Waals surface area contributed by atoms with Crippen molar-refractivity contribution in [2.75, 3.05) is 5.75 Å². The van der Waals surface area contributed by atoms with Crippen LogP contribution in [0.5, 0.6) is 0 Å². The summed E-state index contributed by atoms with van der Waals surface area (Å²) in [4.78, 5) is 0. The zero-order valence-corrected chi connectivity index (χ0v) is 7.12. The van der Waals surface area contributed by atoms with E-state index in [1.165, 1.54) is 12.2 Å². The monoisotopic (exact) mass is 154 g/mol. The van der Waals surface area contributed by atoms with E-state index in [0.717, 1.165) is 12.8 Å². The Bertz CT molecular complexity index is 122. The SMILES string of the molecule is C=CCC1(CC=C)CCS1. The Morgan fingerprint density at radius 3 is 2.00 bits per heavy atom. The number of rotatable bonds is 4. The molecule has 0 aromatic carbocycles. The van der Waals surface area contributed by atoms with Crippen molar-refractivity contribution in [3.8, 4) is 0 Å². The first-order chi connectivity index (χ1) is 4.83. The minimum Gasteiger partial charge on any atom is -0.154 e. The third-order valence-electron chi connectivity index (χ3n) is 2.00. The van der Waals surface area contributed by atoms with E-state index in [0.29, 0.717) is 4.75 Å². The maximum Gasteiger partial charge on any atom is 0.0236 e. The molecule has 0 radical (unpaired) electrons. The highest BCUT2D eigenvalue weighted by Crippen LogP contribution is 2.46. The number of allylic oxidation sites excluding steroid dienone is 2. The molecule has 10 heavy (non-hydrogen) atoms. The van der Waals surface area contributed by atoms with Gasteiger partial charge in [0.1, 0.15) is 0 Å². The van der Waals surface area contributed by atoms with Gasteiger partial charge in [-0.2, -0.15) is 11.8 Å². The van der Waals surface area contributed by atoms with E-state index in [2.05, 4.69) is 24.9 Å². The summed E-state index contributed by atoms with van der Waals surface area (Å²) < 4.78 is 0.503. The molecule has 0 spiro atoms. The van der Waals surface area contributed by atoms with Gasteiger partial charge in [0.25, 0.3) is 0 Å². The van der Waals surface area contributed by atoms with E-state index in [1.807, 2.05) is 12.2 Å². The van der Waals surface area contributed by atoms with Gasteiger partial charge < -0.3 is 0 Å². The lowest BCUT2D eigenvalue weighted by Gasteiger charge is -2.39. The fraction of sp³-hybridized carbons (Fsp3) is 0.556. The first-order valence-corrected chi connectivity index (χ1v) is 4.67. The molecule has 1 fully saturated rings. The van der Waals surface area contributed by atoms with Crippen LogP contribution >= 0.6 is 11.8 Å². The quantitative estimate of drug-likeness (QED) is 0.561. The third kappa shape index (κ3) is 1.46. The van der Waals surface area contributed by atoms with Crippen LogP contribution in [0.1, 0.15) is 19.3 Å². The maximum atomic E-state index is 3.76. The van der Waals surface area contributed by atoms with Crippen LogP contribution in [0.2, 0.25) is 0 Å². The van der Waals surface area contributed by atoms with Crippen molar-refractivity contribution >= 4 is 11.8 Å². The second kappa shape index (κ2) is 3.29. The Morgan fingerprint density at radius 1 is 1.30 bits per heavy atom. The molecule has 1 aliphatic heterocycles. The van der Waals surface area contributed by atoms with Gasteiger partial charge in [-0.25, -0.2) is 0 Å². The minimum atomic E-state index is 0.503. The van der Waals surface area contributed by atoms with Crippen molar-refractivity contribution in [3.05, 3.63) is 25.3 Å². The highest BCUT2D eigenvalue weighted by atomic mass is 32.2. The van der Waals surface area contributed by atoms with Gasteiger partial charge in [0.05, 0.1) is 0 Å². The third-order valence-corrected chi connectivity index (χ3v) is 3.56. The van der Waals surface area contributed by atoms with Crippen LogP contribution < -0.4 is 0 Å². The maximum absolute atomic E-state index is 3.76. The molecule has 0 atom stereocenters. The zero-order chi connectivity index (χ0) is 7.45. The Kier molecular flexibility index (Phi) is 2.61. The molecule has 0 saturated carbocycles. The smallest absolute Gasteiger partial charge is 0.0236 e. The van der Waals surface area contributed by atoms with Gasteiger partial charge in [-0.3, -0.25) is 0 Å². The normalized spacial score (nSPS) is 21.2. The molecule has 1 heteroatoms. The second-order valence-corrected chi connectivity index (χ2v) is 4.33. The lowest BCUT2D eigenvalue weighted by Crippen LogP contribution is -2.33. The Morgan fingerprint density at radius 2 is 1.80 bits per heavy atom. The predicted octanol–water partition coefficient (Wildman–Crippen LogP) is 3.01. The summed E-state index contributed by atoms with van der Waals surface area (Å²) in [5.74, 6) is 1.32. The molecule has 0 unspecified atom stereocenters. The summed E-state index contributed by atoms with van der Waals surface area (Å²) in [5.41, 5.74) is 0. The molecule has 0 aromatic rings. The molecule has 0 amide bonds. The number of hydrogen-bond donors (Lipinski definition) is 0. The van der Waals surface area contributed by atoms with Crippen LogP contribution in [0.4, 0.5) is 0 Å². The molecule has 0 N–H and O–H groups in total. The zero-order valence-electron chi connectivity index (χ0n) is 6.31. The Balaban J connectivity index is 2.41. The first kappa shape index (κ1) is 7.93. The van der Waals surface area contributed by atoms with Crippen LogP contribution in [0.3, 0.4) is 0 Å². The highest BCUT2D eigenvalue weighted by molar-refractivity contribution is 8.02. The lowest BCUT2D eigenvalue weighted by atomic mass is 9.96. The van der Waals surface area contributed by atoms with Gasteiger partial charge in [-0.05, 0) is 25.0 Å². The molecular formula is C9H14S. The summed E-state index contributed by atoms with van der Waals surface area (Å²) in [7, 11) is 0. The van der Waals surface area contributed by atoms with Crippen LogP contribution in [0.15, 0.2) is 25.3 Å². The molecular weight excluding hydrogens is 140 g/mol. The fourth-order valence-corrected chi connectivity index (χ4v) is 2.58. The molecule has 1 rings (SSSR count). The van der Waals surface area contributed by atoms with Crippen molar-refractivity contribution in [1.82, 2.24) is 0 Å². The largest absolute Gasteiger partial charge is 0.154 e. The molecule has 1 saturated heterocycles. The summed E-state index contributed by atoms with van der Waals surface area (Å²) in [5, 5.41) is 0. The molecule has 0 aromatic heterocycles. The van der Waals surface area contributed by atoms with Gasteiger partial charge in [-0.15, -0.1) is 13.2 Å². The predicted molar refractivity (Wildman–Crippen MR) is 49.4 cm³/mol. The summed E-state index contributed by atoms with van der Waals surface area (Å²) in [6, 6.07) is 0. The van der Waals surface area contributed by atoms with E-state index < -0.39 is 0 Å². The van der Waals surface area contributed by atoms with E-state index in [9.17, 15) is 0 Å². The van der Waals surface area contributed by atoms with Crippen molar-refractivity contribution in [1.29, 1.82) is 0 Å². The van der Waals surface area contributed by atoms with Gasteiger partial charge in [0.15, 0.2) is 0 Å². The van der Waals surface area contributed by atoms with Crippen LogP contribution in [-0.4, -0.2) is 10.5 Å². The average molecular weight is 154 g/mol. The lowest BCUT2D eigenvalue weighted by molar-refractivity contribution is 0.550. The highest BCUT2D eigenvalue weighted by Gasteiger charge is 2.34. The van der Waals surface area contributed by atoms with E-state index in [-0.39, 0.29) is 0 Å². The molecule has 0 aliphatic carbocycles. The summed E-state index contributed by atoms with van der Waals surface area (Å²) in [6.45, 7) is 7.52. The minimum absolute atomic E-state index is 0.503. The topological polar surface area (TPSA) is 0 Å². The molecule has 1 aliphatic rings. The first-order valence-electron chi connectivity index (χ1n) is 3.69. The molecule has 0 bridgehead atoms. The Labute approximate surface area is 67.4 Å².